The van der Waals surface area contributed by atoms with Gasteiger partial charge in [0.05, 0.1) is 17.1 Å². The van der Waals surface area contributed by atoms with Crippen molar-refractivity contribution in [3.05, 3.63) is 64.1 Å². The molecule has 3 N–H and O–H groups in total. The largest absolute Gasteiger partial charge is 0.390 e. The molecule has 7 heteroatoms. The monoisotopic (exact) mass is 351 g/mol. The maximum absolute atomic E-state index is 11.8. The molecule has 1 amide bonds. The van der Waals surface area contributed by atoms with Crippen LogP contribution in [0, 0.1) is 0 Å². The van der Waals surface area contributed by atoms with Gasteiger partial charge in [-0.05, 0) is 29.8 Å². The number of anilines is 1. The van der Waals surface area contributed by atoms with Crippen molar-refractivity contribution in [1.82, 2.24) is 0 Å². The molecule has 2 rings (SSSR count). The molecular weight excluding hydrogens is 337 g/mol. The number of carbonyl (C=O) groups excluding carboxylic acids is 1. The molecule has 0 unspecified atom stereocenters. The van der Waals surface area contributed by atoms with Crippen LogP contribution in [-0.4, -0.2) is 11.7 Å². The number of nitrogens with one attached hydrogen (secondary N) is 1. The van der Waals surface area contributed by atoms with E-state index in [0.717, 1.165) is 5.56 Å². The zero-order chi connectivity index (χ0) is 16.7. The first-order valence-electron chi connectivity index (χ1n) is 6.77. The molecule has 5 nitrogen and oxygen atoms in total. The van der Waals surface area contributed by atoms with Crippen LogP contribution in [0.25, 0.3) is 0 Å². The smallest absolute Gasteiger partial charge is 0.232 e. The van der Waals surface area contributed by atoms with E-state index in [-0.39, 0.29) is 24.8 Å². The van der Waals surface area contributed by atoms with Gasteiger partial charge in [-0.3, -0.25) is 4.79 Å². The number of carbonyl (C=O) groups is 1. The fourth-order valence-electron chi connectivity index (χ4n) is 1.72. The summed E-state index contributed by atoms with van der Waals surface area (Å²) in [6.07, 6.45) is -0.0914. The number of hydrogen-bond acceptors (Lipinski definition) is 3. The third-order valence-electron chi connectivity index (χ3n) is 2.82. The summed E-state index contributed by atoms with van der Waals surface area (Å²) in [4.78, 5) is 17.0. The second-order valence-electron chi connectivity index (χ2n) is 4.69. The van der Waals surface area contributed by atoms with Crippen molar-refractivity contribution in [2.75, 3.05) is 5.32 Å². The van der Waals surface area contributed by atoms with Crippen LogP contribution in [0.5, 0.6) is 0 Å². The molecule has 2 aromatic carbocycles. The summed E-state index contributed by atoms with van der Waals surface area (Å²) < 4.78 is 0. The minimum absolute atomic E-state index is 0.0727. The molecule has 0 atom stereocenters. The molecule has 2 aromatic rings. The average Bonchev–Trinajstić information content (AvgIpc) is 2.51. The molecular formula is C16H15Cl2N3O2. The summed E-state index contributed by atoms with van der Waals surface area (Å²) in [5.74, 6) is -0.252. The van der Waals surface area contributed by atoms with E-state index in [1.54, 1.807) is 36.4 Å². The lowest BCUT2D eigenvalue weighted by atomic mass is 10.2. The van der Waals surface area contributed by atoms with E-state index in [2.05, 4.69) is 10.5 Å². The Hall–Kier alpha value is -2.24. The van der Waals surface area contributed by atoms with Crippen LogP contribution in [0.1, 0.15) is 12.0 Å². The van der Waals surface area contributed by atoms with Crippen LogP contribution in [0.3, 0.4) is 0 Å². The normalized spacial score (nSPS) is 11.1. The zero-order valence-electron chi connectivity index (χ0n) is 12.1. The van der Waals surface area contributed by atoms with E-state index in [4.69, 9.17) is 33.8 Å². The van der Waals surface area contributed by atoms with Crippen molar-refractivity contribution >= 4 is 40.6 Å². The van der Waals surface area contributed by atoms with Crippen molar-refractivity contribution in [1.29, 1.82) is 0 Å². The summed E-state index contributed by atoms with van der Waals surface area (Å²) in [7, 11) is 0. The highest BCUT2D eigenvalue weighted by Gasteiger charge is 2.07. The summed E-state index contributed by atoms with van der Waals surface area (Å²) >= 11 is 11.7. The maximum Gasteiger partial charge on any atom is 0.232 e. The molecule has 0 heterocycles. The Morgan fingerprint density at radius 3 is 2.52 bits per heavy atom. The highest BCUT2D eigenvalue weighted by molar-refractivity contribution is 6.33. The number of nitrogens with two attached hydrogens (primary N) is 1. The van der Waals surface area contributed by atoms with Crippen LogP contribution in [0.2, 0.25) is 10.0 Å². The number of nitrogens with zero attached hydrogens (tertiary/aromatic N) is 1. The van der Waals surface area contributed by atoms with Crippen molar-refractivity contribution in [3.8, 4) is 0 Å². The van der Waals surface area contributed by atoms with Crippen molar-refractivity contribution in [2.45, 2.75) is 13.0 Å². The lowest BCUT2D eigenvalue weighted by molar-refractivity contribution is -0.115. The van der Waals surface area contributed by atoms with Crippen LogP contribution < -0.4 is 11.1 Å². The number of rotatable bonds is 6. The fourth-order valence-corrected chi connectivity index (χ4v) is 2.03. The number of benzene rings is 2. The first-order valence-corrected chi connectivity index (χ1v) is 7.53. The first-order chi connectivity index (χ1) is 11.0. The van der Waals surface area contributed by atoms with Crippen LogP contribution >= 0.6 is 23.2 Å². The predicted octanol–water partition coefficient (Wildman–Crippen LogP) is 3.81. The summed E-state index contributed by atoms with van der Waals surface area (Å²) in [6.45, 7) is 0.240. The molecule has 120 valence electrons. The predicted molar refractivity (Wildman–Crippen MR) is 92.6 cm³/mol. The Morgan fingerprint density at radius 2 is 1.83 bits per heavy atom. The van der Waals surface area contributed by atoms with Gasteiger partial charge >= 0.3 is 0 Å². The Morgan fingerprint density at radius 1 is 1.13 bits per heavy atom. The van der Waals surface area contributed by atoms with Gasteiger partial charge in [-0.25, -0.2) is 0 Å². The van der Waals surface area contributed by atoms with Crippen molar-refractivity contribution < 1.29 is 9.63 Å². The van der Waals surface area contributed by atoms with Crippen LogP contribution in [-0.2, 0) is 16.2 Å². The second kappa shape index (κ2) is 8.41. The van der Waals surface area contributed by atoms with Crippen molar-refractivity contribution in [2.24, 2.45) is 10.9 Å². The molecule has 0 aliphatic heterocycles. The SMILES string of the molecule is NC(CC(=O)Nc1ccccc1Cl)=NOCc1ccc(Cl)cc1. The molecule has 0 aliphatic carbocycles. The Labute approximate surface area is 144 Å². The number of amides is 1. The summed E-state index contributed by atoms with van der Waals surface area (Å²) in [5, 5.41) is 7.47. The number of oxime groups is 1. The quantitative estimate of drug-likeness (QED) is 0.471. The zero-order valence-corrected chi connectivity index (χ0v) is 13.6. The van der Waals surface area contributed by atoms with Gasteiger partial charge in [0.1, 0.15) is 12.4 Å². The van der Waals surface area contributed by atoms with Crippen molar-refractivity contribution in [3.63, 3.8) is 0 Å². The van der Waals surface area contributed by atoms with Gasteiger partial charge in [-0.1, -0.05) is 52.6 Å². The van der Waals surface area contributed by atoms with E-state index >= 15 is 0 Å². The van der Waals surface area contributed by atoms with E-state index in [1.807, 2.05) is 12.1 Å². The van der Waals surface area contributed by atoms with Gasteiger partial charge in [0.2, 0.25) is 5.91 Å². The van der Waals surface area contributed by atoms with Gasteiger partial charge in [0.25, 0.3) is 0 Å². The number of amidine groups is 1. The Balaban J connectivity index is 1.81. The van der Waals surface area contributed by atoms with E-state index < -0.39 is 0 Å². The summed E-state index contributed by atoms with van der Waals surface area (Å²) in [5.41, 5.74) is 7.08. The highest BCUT2D eigenvalue weighted by Crippen LogP contribution is 2.20. The first kappa shape index (κ1) is 17.1. The van der Waals surface area contributed by atoms with Crippen LogP contribution in [0.4, 0.5) is 5.69 Å². The molecule has 23 heavy (non-hydrogen) atoms. The molecule has 0 aliphatic rings. The molecule has 0 saturated heterocycles. The third-order valence-corrected chi connectivity index (χ3v) is 3.40. The molecule has 0 spiro atoms. The molecule has 0 fully saturated rings. The minimum Gasteiger partial charge on any atom is -0.390 e. The lowest BCUT2D eigenvalue weighted by Crippen LogP contribution is -2.22. The molecule has 0 bridgehead atoms. The Kier molecular flexibility index (Phi) is 6.26. The minimum atomic E-state index is -0.325. The average molecular weight is 352 g/mol. The maximum atomic E-state index is 11.8. The van der Waals surface area contributed by atoms with Gasteiger partial charge in [0, 0.05) is 5.02 Å². The molecule has 0 saturated carbocycles. The highest BCUT2D eigenvalue weighted by atomic mass is 35.5. The van der Waals surface area contributed by atoms with E-state index in [1.165, 1.54) is 0 Å². The standard InChI is InChI=1S/C16H15Cl2N3O2/c17-12-7-5-11(6-8-12)10-23-21-15(19)9-16(22)20-14-4-2-1-3-13(14)18/h1-8H,9-10H2,(H2,19,21)(H,20,22). The van der Waals surface area contributed by atoms with E-state index in [9.17, 15) is 4.79 Å². The number of para-hydroxylation sites is 1. The van der Waals surface area contributed by atoms with E-state index in [0.29, 0.717) is 15.7 Å². The number of halogens is 2. The third kappa shape index (κ3) is 5.81. The Bertz CT molecular complexity index is 703. The van der Waals surface area contributed by atoms with Gasteiger partial charge in [0.15, 0.2) is 0 Å². The second-order valence-corrected chi connectivity index (χ2v) is 5.53. The lowest BCUT2D eigenvalue weighted by Gasteiger charge is -2.06. The topological polar surface area (TPSA) is 76.7 Å². The number of hydrogen-bond donors (Lipinski definition) is 2. The molecule has 0 radical (unpaired) electrons. The van der Waals surface area contributed by atoms with Gasteiger partial charge in [-0.2, -0.15) is 0 Å². The fraction of sp³-hybridized carbons (Fsp3) is 0.125. The van der Waals surface area contributed by atoms with Gasteiger partial charge in [-0.15, -0.1) is 0 Å². The molecule has 0 aromatic heterocycles. The van der Waals surface area contributed by atoms with Crippen LogP contribution in [0.15, 0.2) is 53.7 Å². The summed E-state index contributed by atoms with van der Waals surface area (Å²) in [6, 6.07) is 14.1. The van der Waals surface area contributed by atoms with Gasteiger partial charge < -0.3 is 15.9 Å².